The Bertz CT molecular complexity index is 483. The van der Waals surface area contributed by atoms with E-state index in [1.54, 1.807) is 23.7 Å². The molecule has 0 aliphatic carbocycles. The number of aromatic nitrogens is 3. The minimum Gasteiger partial charge on any atom is -0.317 e. The standard InChI is InChI=1S/C12H16N4S/c1-2-12(3-5-13-6-4-12)11-16-9-10(17-11)15-8-7-14-9/h7-8,13H,2-6H2,1H3. The molecule has 3 heterocycles. The van der Waals surface area contributed by atoms with Gasteiger partial charge in [0.2, 0.25) is 0 Å². The molecule has 0 spiro atoms. The summed E-state index contributed by atoms with van der Waals surface area (Å²) >= 11 is 1.71. The van der Waals surface area contributed by atoms with Crippen LogP contribution in [0.4, 0.5) is 0 Å². The third-order valence-electron chi connectivity index (χ3n) is 3.74. The van der Waals surface area contributed by atoms with Crippen LogP contribution in [-0.4, -0.2) is 28.0 Å². The van der Waals surface area contributed by atoms with Gasteiger partial charge in [0.15, 0.2) is 10.5 Å². The topological polar surface area (TPSA) is 50.7 Å². The summed E-state index contributed by atoms with van der Waals surface area (Å²) in [6, 6.07) is 0. The van der Waals surface area contributed by atoms with Crippen molar-refractivity contribution in [1.29, 1.82) is 0 Å². The van der Waals surface area contributed by atoms with Gasteiger partial charge in [-0.1, -0.05) is 18.3 Å². The van der Waals surface area contributed by atoms with Crippen LogP contribution < -0.4 is 5.32 Å². The first-order valence-electron chi connectivity index (χ1n) is 6.13. The summed E-state index contributed by atoms with van der Waals surface area (Å²) in [6.07, 6.45) is 6.94. The normalized spacial score (nSPS) is 19.6. The molecular formula is C12H16N4S. The fraction of sp³-hybridized carbons (Fsp3) is 0.583. The maximum absolute atomic E-state index is 4.70. The van der Waals surface area contributed by atoms with Crippen molar-refractivity contribution in [3.8, 4) is 0 Å². The predicted molar refractivity (Wildman–Crippen MR) is 69.3 cm³/mol. The van der Waals surface area contributed by atoms with E-state index in [0.29, 0.717) is 0 Å². The second-order valence-corrected chi connectivity index (χ2v) is 5.57. The lowest BCUT2D eigenvalue weighted by Gasteiger charge is -2.34. The molecule has 1 aliphatic rings. The van der Waals surface area contributed by atoms with Crippen LogP contribution in [0.3, 0.4) is 0 Å². The van der Waals surface area contributed by atoms with Gasteiger partial charge >= 0.3 is 0 Å². The van der Waals surface area contributed by atoms with E-state index in [-0.39, 0.29) is 5.41 Å². The summed E-state index contributed by atoms with van der Waals surface area (Å²) in [5.41, 5.74) is 1.05. The summed E-state index contributed by atoms with van der Waals surface area (Å²) in [5, 5.41) is 4.65. The van der Waals surface area contributed by atoms with E-state index in [2.05, 4.69) is 22.2 Å². The summed E-state index contributed by atoms with van der Waals surface area (Å²) in [6.45, 7) is 4.44. The Morgan fingerprint density at radius 2 is 2.06 bits per heavy atom. The molecular weight excluding hydrogens is 232 g/mol. The van der Waals surface area contributed by atoms with Gasteiger partial charge in [-0.2, -0.15) is 0 Å². The smallest absolute Gasteiger partial charge is 0.189 e. The first kappa shape index (κ1) is 11.0. The van der Waals surface area contributed by atoms with Crippen molar-refractivity contribution < 1.29 is 0 Å². The third kappa shape index (κ3) is 1.83. The minimum atomic E-state index is 0.248. The molecule has 2 aromatic heterocycles. The van der Waals surface area contributed by atoms with E-state index in [1.165, 1.54) is 17.8 Å². The number of piperidine rings is 1. The molecule has 5 heteroatoms. The quantitative estimate of drug-likeness (QED) is 0.884. The van der Waals surface area contributed by atoms with Crippen LogP contribution in [0.25, 0.3) is 10.5 Å². The van der Waals surface area contributed by atoms with Crippen LogP contribution >= 0.6 is 11.3 Å². The average molecular weight is 248 g/mol. The molecule has 2 aromatic rings. The van der Waals surface area contributed by atoms with Gasteiger partial charge in [0.05, 0.1) is 0 Å². The van der Waals surface area contributed by atoms with Crippen molar-refractivity contribution >= 4 is 21.8 Å². The number of fused-ring (bicyclic) bond motifs is 1. The van der Waals surface area contributed by atoms with Crippen LogP contribution in [0.15, 0.2) is 12.4 Å². The van der Waals surface area contributed by atoms with E-state index in [0.717, 1.165) is 30.0 Å². The van der Waals surface area contributed by atoms with Gasteiger partial charge in [-0.15, -0.1) is 0 Å². The predicted octanol–water partition coefficient (Wildman–Crippen LogP) is 2.12. The zero-order chi connectivity index (χ0) is 11.7. The Labute approximate surface area is 105 Å². The van der Waals surface area contributed by atoms with Crippen molar-refractivity contribution in [3.05, 3.63) is 17.4 Å². The maximum atomic E-state index is 4.70. The molecule has 0 bridgehead atoms. The van der Waals surface area contributed by atoms with Crippen molar-refractivity contribution in [2.24, 2.45) is 0 Å². The molecule has 0 unspecified atom stereocenters. The number of hydrogen-bond acceptors (Lipinski definition) is 5. The zero-order valence-corrected chi connectivity index (χ0v) is 10.8. The van der Waals surface area contributed by atoms with Crippen molar-refractivity contribution in [3.63, 3.8) is 0 Å². The molecule has 17 heavy (non-hydrogen) atoms. The molecule has 1 N–H and O–H groups in total. The van der Waals surface area contributed by atoms with Crippen molar-refractivity contribution in [2.45, 2.75) is 31.6 Å². The van der Waals surface area contributed by atoms with Gasteiger partial charge in [0.1, 0.15) is 5.01 Å². The number of nitrogens with one attached hydrogen (secondary N) is 1. The monoisotopic (exact) mass is 248 g/mol. The number of hydrogen-bond donors (Lipinski definition) is 1. The molecule has 0 amide bonds. The first-order valence-corrected chi connectivity index (χ1v) is 6.94. The van der Waals surface area contributed by atoms with Gasteiger partial charge in [0.25, 0.3) is 0 Å². The lowest BCUT2D eigenvalue weighted by atomic mass is 9.77. The van der Waals surface area contributed by atoms with Crippen LogP contribution in [0.2, 0.25) is 0 Å². The highest BCUT2D eigenvalue weighted by molar-refractivity contribution is 7.18. The molecule has 0 radical (unpaired) electrons. The van der Waals surface area contributed by atoms with E-state index in [1.807, 2.05) is 0 Å². The van der Waals surface area contributed by atoms with Gasteiger partial charge in [-0.3, -0.25) is 0 Å². The van der Waals surface area contributed by atoms with Crippen molar-refractivity contribution in [2.75, 3.05) is 13.1 Å². The Morgan fingerprint density at radius 3 is 2.76 bits per heavy atom. The summed E-state index contributed by atoms with van der Waals surface area (Å²) in [5.74, 6) is 0. The van der Waals surface area contributed by atoms with E-state index in [9.17, 15) is 0 Å². The first-order chi connectivity index (χ1) is 8.34. The molecule has 90 valence electrons. The molecule has 0 saturated carbocycles. The fourth-order valence-electron chi connectivity index (χ4n) is 2.53. The molecule has 4 nitrogen and oxygen atoms in total. The second kappa shape index (κ2) is 4.31. The number of rotatable bonds is 2. The van der Waals surface area contributed by atoms with Gasteiger partial charge in [-0.25, -0.2) is 15.0 Å². The molecule has 1 saturated heterocycles. The van der Waals surface area contributed by atoms with Crippen LogP contribution in [-0.2, 0) is 5.41 Å². The lowest BCUT2D eigenvalue weighted by molar-refractivity contribution is 0.297. The molecule has 0 aromatic carbocycles. The third-order valence-corrected chi connectivity index (χ3v) is 4.94. The van der Waals surface area contributed by atoms with E-state index < -0.39 is 0 Å². The second-order valence-electron chi connectivity index (χ2n) is 4.59. The summed E-state index contributed by atoms with van der Waals surface area (Å²) in [4.78, 5) is 14.3. The molecule has 3 rings (SSSR count). The van der Waals surface area contributed by atoms with E-state index >= 15 is 0 Å². The highest BCUT2D eigenvalue weighted by atomic mass is 32.1. The van der Waals surface area contributed by atoms with Gasteiger partial charge in [0, 0.05) is 17.8 Å². The summed E-state index contributed by atoms with van der Waals surface area (Å²) in [7, 11) is 0. The van der Waals surface area contributed by atoms with Crippen LogP contribution in [0, 0.1) is 0 Å². The Hall–Kier alpha value is -1.07. The highest BCUT2D eigenvalue weighted by Gasteiger charge is 2.35. The molecule has 0 atom stereocenters. The maximum Gasteiger partial charge on any atom is 0.189 e. The molecule has 1 fully saturated rings. The minimum absolute atomic E-state index is 0.248. The Kier molecular flexibility index (Phi) is 2.80. The molecule has 1 aliphatic heterocycles. The zero-order valence-electron chi connectivity index (χ0n) is 9.94. The summed E-state index contributed by atoms with van der Waals surface area (Å²) < 4.78 is 0. The van der Waals surface area contributed by atoms with Crippen molar-refractivity contribution in [1.82, 2.24) is 20.3 Å². The number of nitrogens with zero attached hydrogens (tertiary/aromatic N) is 3. The van der Waals surface area contributed by atoms with Crippen LogP contribution in [0.1, 0.15) is 31.2 Å². The number of thiazole rings is 1. The lowest BCUT2D eigenvalue weighted by Crippen LogP contribution is -2.39. The SMILES string of the molecule is CCC1(c2nc3nccnc3s2)CCNCC1. The largest absolute Gasteiger partial charge is 0.317 e. The van der Waals surface area contributed by atoms with E-state index in [4.69, 9.17) is 4.98 Å². The van der Waals surface area contributed by atoms with Gasteiger partial charge in [-0.05, 0) is 32.4 Å². The van der Waals surface area contributed by atoms with Crippen LogP contribution in [0.5, 0.6) is 0 Å². The van der Waals surface area contributed by atoms with Gasteiger partial charge < -0.3 is 5.32 Å². The fourth-order valence-corrected chi connectivity index (χ4v) is 3.71. The Morgan fingerprint density at radius 1 is 1.29 bits per heavy atom. The Balaban J connectivity index is 2.05. The highest BCUT2D eigenvalue weighted by Crippen LogP contribution is 2.39. The average Bonchev–Trinajstić information content (AvgIpc) is 2.84.